The summed E-state index contributed by atoms with van der Waals surface area (Å²) in [6, 6.07) is 11.7. The third kappa shape index (κ3) is 4.10. The Kier molecular flexibility index (Phi) is 5.35. The first-order valence-electron chi connectivity index (χ1n) is 8.82. The highest BCUT2D eigenvalue weighted by molar-refractivity contribution is 7.22. The van der Waals surface area contributed by atoms with Gasteiger partial charge in [0.15, 0.2) is 10.8 Å². The number of phenolic OH excluding ortho intramolecular Hbond substituents is 1. The normalized spacial score (nSPS) is 11.2. The Morgan fingerprint density at radius 2 is 1.87 bits per heavy atom. The molecule has 0 bridgehead atoms. The number of phenols is 1. The van der Waals surface area contributed by atoms with Crippen molar-refractivity contribution >= 4 is 50.6 Å². The largest absolute Gasteiger partial charge is 0.508 e. The standard InChI is InChI=1S/C22H15NO5S2/c1-12-11-23-22(29-12)19(27)21-20(16-8-5-14(24)10-17(16)30-21)28-15-6-2-13(3-7-15)4-9-18(25)26/h2-11,24H,1H3,(H,25,26)/b9-4+. The lowest BCUT2D eigenvalue weighted by atomic mass is 10.2. The summed E-state index contributed by atoms with van der Waals surface area (Å²) in [5, 5.41) is 19.6. The topological polar surface area (TPSA) is 96.7 Å². The fraction of sp³-hybridized carbons (Fsp3) is 0.0455. The number of ketones is 1. The number of rotatable bonds is 6. The summed E-state index contributed by atoms with van der Waals surface area (Å²) in [4.78, 5) is 29.3. The summed E-state index contributed by atoms with van der Waals surface area (Å²) in [6.07, 6.45) is 4.19. The van der Waals surface area contributed by atoms with E-state index in [1.807, 2.05) is 6.92 Å². The Hall–Kier alpha value is -3.49. The third-order valence-corrected chi connectivity index (χ3v) is 6.21. The molecule has 2 heterocycles. The van der Waals surface area contributed by atoms with Crippen LogP contribution in [0.5, 0.6) is 17.2 Å². The van der Waals surface area contributed by atoms with Crippen molar-refractivity contribution < 1.29 is 24.5 Å². The van der Waals surface area contributed by atoms with Gasteiger partial charge in [0.25, 0.3) is 0 Å². The average molecular weight is 437 g/mol. The van der Waals surface area contributed by atoms with Gasteiger partial charge >= 0.3 is 5.97 Å². The second-order valence-electron chi connectivity index (χ2n) is 6.39. The lowest BCUT2D eigenvalue weighted by Crippen LogP contribution is -2.00. The summed E-state index contributed by atoms with van der Waals surface area (Å²) in [5.41, 5.74) is 0.708. The van der Waals surface area contributed by atoms with Crippen LogP contribution >= 0.6 is 22.7 Å². The Morgan fingerprint density at radius 3 is 2.53 bits per heavy atom. The first-order chi connectivity index (χ1) is 14.4. The van der Waals surface area contributed by atoms with Crippen LogP contribution in [0.15, 0.2) is 54.7 Å². The van der Waals surface area contributed by atoms with E-state index in [9.17, 15) is 14.7 Å². The highest BCUT2D eigenvalue weighted by atomic mass is 32.1. The maximum absolute atomic E-state index is 13.1. The number of carbonyl (C=O) groups is 2. The number of thiophene rings is 1. The summed E-state index contributed by atoms with van der Waals surface area (Å²) in [5.74, 6) is -0.246. The number of aryl methyl sites for hydroxylation is 1. The molecule has 0 saturated heterocycles. The van der Waals surface area contributed by atoms with Crippen LogP contribution in [0.2, 0.25) is 0 Å². The molecular weight excluding hydrogens is 422 g/mol. The van der Waals surface area contributed by atoms with Gasteiger partial charge in [-0.25, -0.2) is 9.78 Å². The molecule has 150 valence electrons. The van der Waals surface area contributed by atoms with E-state index in [0.29, 0.717) is 32.3 Å². The van der Waals surface area contributed by atoms with Gasteiger partial charge in [0.1, 0.15) is 16.4 Å². The minimum absolute atomic E-state index is 0.106. The second-order valence-corrected chi connectivity index (χ2v) is 8.68. The van der Waals surface area contributed by atoms with Crippen molar-refractivity contribution in [2.45, 2.75) is 6.92 Å². The van der Waals surface area contributed by atoms with Crippen LogP contribution in [-0.2, 0) is 4.79 Å². The number of carboxylic acid groups (broad SMARTS) is 1. The average Bonchev–Trinajstić information content (AvgIpc) is 3.30. The first kappa shape index (κ1) is 19.8. The summed E-state index contributed by atoms with van der Waals surface area (Å²) in [6.45, 7) is 1.88. The van der Waals surface area contributed by atoms with Crippen LogP contribution in [0.4, 0.5) is 0 Å². The summed E-state index contributed by atoms with van der Waals surface area (Å²) in [7, 11) is 0. The molecule has 0 radical (unpaired) electrons. The second kappa shape index (κ2) is 8.10. The van der Waals surface area contributed by atoms with Gasteiger partial charge in [-0.1, -0.05) is 12.1 Å². The van der Waals surface area contributed by atoms with E-state index >= 15 is 0 Å². The Labute approximate surface area is 179 Å². The van der Waals surface area contributed by atoms with Gasteiger partial charge in [-0.3, -0.25) is 4.79 Å². The van der Waals surface area contributed by atoms with E-state index in [1.54, 1.807) is 48.7 Å². The number of aromatic nitrogens is 1. The maximum Gasteiger partial charge on any atom is 0.328 e. The Bertz CT molecular complexity index is 1280. The zero-order valence-corrected chi connectivity index (χ0v) is 17.3. The molecule has 0 saturated carbocycles. The smallest absolute Gasteiger partial charge is 0.328 e. The third-order valence-electron chi connectivity index (χ3n) is 4.17. The van der Waals surface area contributed by atoms with E-state index < -0.39 is 5.97 Å². The molecule has 30 heavy (non-hydrogen) atoms. The van der Waals surface area contributed by atoms with Crippen LogP contribution in [0.25, 0.3) is 16.2 Å². The van der Waals surface area contributed by atoms with Gasteiger partial charge in [-0.15, -0.1) is 22.7 Å². The molecule has 6 nitrogen and oxygen atoms in total. The van der Waals surface area contributed by atoms with Gasteiger partial charge in [0, 0.05) is 27.2 Å². The predicted octanol–water partition coefficient (Wildman–Crippen LogP) is 5.49. The minimum Gasteiger partial charge on any atom is -0.508 e. The van der Waals surface area contributed by atoms with Crippen molar-refractivity contribution in [1.82, 2.24) is 4.98 Å². The number of carbonyl (C=O) groups excluding carboxylic acids is 1. The number of nitrogens with zero attached hydrogens (tertiary/aromatic N) is 1. The van der Waals surface area contributed by atoms with Crippen LogP contribution in [0.3, 0.4) is 0 Å². The SMILES string of the molecule is Cc1cnc(C(=O)c2sc3cc(O)ccc3c2Oc2ccc(/C=C/C(=O)O)cc2)s1. The van der Waals surface area contributed by atoms with Crippen LogP contribution in [0, 0.1) is 6.92 Å². The molecule has 0 aliphatic carbocycles. The first-order valence-corrected chi connectivity index (χ1v) is 10.5. The number of hydrogen-bond acceptors (Lipinski definition) is 7. The number of ether oxygens (including phenoxy) is 1. The van der Waals surface area contributed by atoms with Crippen molar-refractivity contribution in [3.05, 3.63) is 75.1 Å². The lowest BCUT2D eigenvalue weighted by molar-refractivity contribution is -0.131. The summed E-state index contributed by atoms with van der Waals surface area (Å²) < 4.78 is 6.80. The minimum atomic E-state index is -1.02. The fourth-order valence-electron chi connectivity index (χ4n) is 2.80. The molecule has 4 rings (SSSR count). The molecule has 0 aliphatic rings. The van der Waals surface area contributed by atoms with Gasteiger partial charge in [-0.05, 0) is 48.9 Å². The van der Waals surface area contributed by atoms with E-state index in [-0.39, 0.29) is 11.5 Å². The van der Waals surface area contributed by atoms with Crippen LogP contribution in [-0.4, -0.2) is 26.9 Å². The number of aromatic hydroxyl groups is 1. The number of thiazole rings is 1. The van der Waals surface area contributed by atoms with Crippen LogP contribution < -0.4 is 4.74 Å². The van der Waals surface area contributed by atoms with Crippen molar-refractivity contribution in [1.29, 1.82) is 0 Å². The van der Waals surface area contributed by atoms with E-state index in [4.69, 9.17) is 9.84 Å². The highest BCUT2D eigenvalue weighted by Crippen LogP contribution is 2.42. The molecule has 2 aromatic heterocycles. The molecule has 0 amide bonds. The van der Waals surface area contributed by atoms with Gasteiger partial charge < -0.3 is 14.9 Å². The molecule has 0 spiro atoms. The van der Waals surface area contributed by atoms with Gasteiger partial charge in [0.2, 0.25) is 5.78 Å². The number of hydrogen-bond donors (Lipinski definition) is 2. The van der Waals surface area contributed by atoms with E-state index in [2.05, 4.69) is 4.98 Å². The zero-order valence-electron chi connectivity index (χ0n) is 15.7. The Balaban J connectivity index is 1.73. The maximum atomic E-state index is 13.1. The molecule has 0 aliphatic heterocycles. The quantitative estimate of drug-likeness (QED) is 0.306. The number of fused-ring (bicyclic) bond motifs is 1. The predicted molar refractivity (Wildman–Crippen MR) is 117 cm³/mol. The molecule has 0 atom stereocenters. The van der Waals surface area contributed by atoms with E-state index in [1.165, 1.54) is 28.7 Å². The molecule has 4 aromatic rings. The van der Waals surface area contributed by atoms with Crippen molar-refractivity contribution in [2.24, 2.45) is 0 Å². The molecule has 2 aromatic carbocycles. The van der Waals surface area contributed by atoms with Crippen molar-refractivity contribution in [3.63, 3.8) is 0 Å². The zero-order chi connectivity index (χ0) is 21.3. The molecule has 0 fully saturated rings. The highest BCUT2D eigenvalue weighted by Gasteiger charge is 2.24. The van der Waals surface area contributed by atoms with Gasteiger partial charge in [-0.2, -0.15) is 0 Å². The number of benzene rings is 2. The number of aliphatic carboxylic acids is 1. The van der Waals surface area contributed by atoms with Crippen LogP contribution in [0.1, 0.15) is 25.1 Å². The Morgan fingerprint density at radius 1 is 1.10 bits per heavy atom. The summed E-state index contributed by atoms with van der Waals surface area (Å²) >= 11 is 2.55. The number of carboxylic acids is 1. The molecular formula is C22H15NO5S2. The van der Waals surface area contributed by atoms with Crippen molar-refractivity contribution in [3.8, 4) is 17.2 Å². The molecule has 0 unspecified atom stereocenters. The van der Waals surface area contributed by atoms with Crippen molar-refractivity contribution in [2.75, 3.05) is 0 Å². The monoisotopic (exact) mass is 437 g/mol. The molecule has 2 N–H and O–H groups in total. The molecule has 8 heteroatoms. The lowest BCUT2D eigenvalue weighted by Gasteiger charge is -2.07. The van der Waals surface area contributed by atoms with E-state index in [0.717, 1.165) is 15.7 Å². The van der Waals surface area contributed by atoms with Gasteiger partial charge in [0.05, 0.1) is 0 Å². The fourth-order valence-corrected chi connectivity index (χ4v) is 4.68.